The Hall–Kier alpha value is -2.08. The molecule has 0 saturated carbocycles. The molecule has 1 aliphatic rings. The van der Waals surface area contributed by atoms with Gasteiger partial charge in [-0.1, -0.05) is 6.07 Å². The van der Waals surface area contributed by atoms with E-state index in [9.17, 15) is 9.59 Å². The van der Waals surface area contributed by atoms with Gasteiger partial charge in [0.05, 0.1) is 12.2 Å². The van der Waals surface area contributed by atoms with Gasteiger partial charge in [-0.05, 0) is 58.1 Å². The third kappa shape index (κ3) is 5.25. The van der Waals surface area contributed by atoms with Gasteiger partial charge in [0, 0.05) is 6.54 Å². The molecule has 6 heteroatoms. The first-order valence-corrected chi connectivity index (χ1v) is 7.93. The van der Waals surface area contributed by atoms with Crippen LogP contribution in [0.1, 0.15) is 18.4 Å². The van der Waals surface area contributed by atoms with Gasteiger partial charge in [-0.15, -0.1) is 0 Å². The van der Waals surface area contributed by atoms with Crippen molar-refractivity contribution in [3.63, 3.8) is 0 Å². The van der Waals surface area contributed by atoms with Crippen LogP contribution in [0.15, 0.2) is 18.2 Å². The Morgan fingerprint density at radius 1 is 1.35 bits per heavy atom. The van der Waals surface area contributed by atoms with Gasteiger partial charge in [-0.3, -0.25) is 4.79 Å². The summed E-state index contributed by atoms with van der Waals surface area (Å²) in [5.74, 6) is 0.123. The SMILES string of the molecule is Cc1ccc2c(c1)OC(=O)CN2CC(=O)NCCCCN(C)C. The van der Waals surface area contributed by atoms with Crippen molar-refractivity contribution in [3.05, 3.63) is 23.8 Å². The highest BCUT2D eigenvalue weighted by atomic mass is 16.5. The number of ether oxygens (including phenoxy) is 1. The molecular weight excluding hydrogens is 294 g/mol. The van der Waals surface area contributed by atoms with E-state index in [0.29, 0.717) is 12.3 Å². The number of hydrogen-bond donors (Lipinski definition) is 1. The van der Waals surface area contributed by atoms with Crippen LogP contribution >= 0.6 is 0 Å². The summed E-state index contributed by atoms with van der Waals surface area (Å²) >= 11 is 0. The van der Waals surface area contributed by atoms with E-state index < -0.39 is 0 Å². The van der Waals surface area contributed by atoms with Crippen LogP contribution in [0.25, 0.3) is 0 Å². The molecule has 0 spiro atoms. The Kier molecular flexibility index (Phi) is 5.98. The maximum Gasteiger partial charge on any atom is 0.331 e. The zero-order valence-corrected chi connectivity index (χ0v) is 14.1. The minimum Gasteiger partial charge on any atom is -0.423 e. The minimum atomic E-state index is -0.332. The highest BCUT2D eigenvalue weighted by Crippen LogP contribution is 2.32. The Bertz CT molecular complexity index is 572. The molecular formula is C17H25N3O3. The molecule has 0 bridgehead atoms. The van der Waals surface area contributed by atoms with Crippen molar-refractivity contribution in [2.24, 2.45) is 0 Å². The number of carbonyl (C=O) groups excluding carboxylic acids is 2. The average Bonchev–Trinajstić information content (AvgIpc) is 2.45. The number of carbonyl (C=O) groups is 2. The van der Waals surface area contributed by atoms with Gasteiger partial charge in [0.1, 0.15) is 6.54 Å². The van der Waals surface area contributed by atoms with Crippen molar-refractivity contribution in [2.75, 3.05) is 45.2 Å². The van der Waals surface area contributed by atoms with Crippen LogP contribution in [0.4, 0.5) is 5.69 Å². The molecule has 0 saturated heterocycles. The van der Waals surface area contributed by atoms with Gasteiger partial charge in [0.2, 0.25) is 5.91 Å². The topological polar surface area (TPSA) is 61.9 Å². The molecule has 0 unspecified atom stereocenters. The van der Waals surface area contributed by atoms with Gasteiger partial charge < -0.3 is 19.9 Å². The average molecular weight is 319 g/mol. The number of aryl methyl sites for hydroxylation is 1. The lowest BCUT2D eigenvalue weighted by Crippen LogP contribution is -2.43. The van der Waals surface area contributed by atoms with Crippen molar-refractivity contribution in [1.29, 1.82) is 0 Å². The van der Waals surface area contributed by atoms with Crippen LogP contribution in [0.2, 0.25) is 0 Å². The van der Waals surface area contributed by atoms with E-state index in [1.54, 1.807) is 4.90 Å². The fourth-order valence-corrected chi connectivity index (χ4v) is 2.51. The van der Waals surface area contributed by atoms with Crippen molar-refractivity contribution < 1.29 is 14.3 Å². The molecule has 1 heterocycles. The Morgan fingerprint density at radius 3 is 2.87 bits per heavy atom. The van der Waals surface area contributed by atoms with Crippen LogP contribution < -0.4 is 15.0 Å². The summed E-state index contributed by atoms with van der Waals surface area (Å²) < 4.78 is 5.24. The van der Waals surface area contributed by atoms with E-state index in [1.807, 2.05) is 39.2 Å². The van der Waals surface area contributed by atoms with Crippen LogP contribution in [0, 0.1) is 6.92 Å². The van der Waals surface area contributed by atoms with Gasteiger partial charge >= 0.3 is 5.97 Å². The predicted octanol–water partition coefficient (Wildman–Crippen LogP) is 1.18. The number of hydrogen-bond acceptors (Lipinski definition) is 5. The second kappa shape index (κ2) is 7.97. The fourth-order valence-electron chi connectivity index (χ4n) is 2.51. The highest BCUT2D eigenvalue weighted by molar-refractivity contribution is 5.89. The minimum absolute atomic E-state index is 0.0731. The maximum atomic E-state index is 12.1. The van der Waals surface area contributed by atoms with Gasteiger partial charge in [-0.25, -0.2) is 4.79 Å². The summed E-state index contributed by atoms with van der Waals surface area (Å²) in [5.41, 5.74) is 1.81. The van der Waals surface area contributed by atoms with E-state index in [2.05, 4.69) is 10.2 Å². The first-order chi connectivity index (χ1) is 11.0. The summed E-state index contributed by atoms with van der Waals surface area (Å²) in [6.07, 6.45) is 1.99. The molecule has 1 aromatic rings. The molecule has 23 heavy (non-hydrogen) atoms. The summed E-state index contributed by atoms with van der Waals surface area (Å²) in [5, 5.41) is 2.91. The summed E-state index contributed by atoms with van der Waals surface area (Å²) in [7, 11) is 4.07. The monoisotopic (exact) mass is 319 g/mol. The second-order valence-electron chi connectivity index (χ2n) is 6.16. The van der Waals surface area contributed by atoms with E-state index in [-0.39, 0.29) is 25.0 Å². The van der Waals surface area contributed by atoms with E-state index in [0.717, 1.165) is 30.6 Å². The molecule has 126 valence electrons. The number of benzene rings is 1. The lowest BCUT2D eigenvalue weighted by molar-refractivity contribution is -0.133. The number of anilines is 1. The Labute approximate surface area is 137 Å². The lowest BCUT2D eigenvalue weighted by Gasteiger charge is -2.29. The fraction of sp³-hybridized carbons (Fsp3) is 0.529. The van der Waals surface area contributed by atoms with Crippen molar-refractivity contribution in [2.45, 2.75) is 19.8 Å². The van der Waals surface area contributed by atoms with Crippen LogP contribution in [-0.2, 0) is 9.59 Å². The molecule has 0 atom stereocenters. The standard InChI is InChI=1S/C17H25N3O3/c1-13-6-7-14-15(10-13)23-17(22)12-20(14)11-16(21)18-8-4-5-9-19(2)3/h6-7,10H,4-5,8-9,11-12H2,1-3H3,(H,18,21). The highest BCUT2D eigenvalue weighted by Gasteiger charge is 2.25. The smallest absolute Gasteiger partial charge is 0.331 e. The lowest BCUT2D eigenvalue weighted by atomic mass is 10.1. The zero-order chi connectivity index (χ0) is 16.8. The van der Waals surface area contributed by atoms with E-state index in [1.165, 1.54) is 0 Å². The molecule has 6 nitrogen and oxygen atoms in total. The number of nitrogens with zero attached hydrogens (tertiary/aromatic N) is 2. The molecule has 0 radical (unpaired) electrons. The number of nitrogens with one attached hydrogen (secondary N) is 1. The summed E-state index contributed by atoms with van der Waals surface area (Å²) in [6, 6.07) is 5.66. The molecule has 1 aromatic carbocycles. The second-order valence-corrected chi connectivity index (χ2v) is 6.16. The molecule has 1 N–H and O–H groups in total. The number of esters is 1. The predicted molar refractivity (Wildman–Crippen MR) is 89.8 cm³/mol. The van der Waals surface area contributed by atoms with Crippen LogP contribution in [0.5, 0.6) is 5.75 Å². The maximum absolute atomic E-state index is 12.1. The number of amides is 1. The normalized spacial score (nSPS) is 13.7. The molecule has 2 rings (SSSR count). The first-order valence-electron chi connectivity index (χ1n) is 7.93. The number of unbranched alkanes of at least 4 members (excludes halogenated alkanes) is 1. The number of rotatable bonds is 7. The third-order valence-electron chi connectivity index (χ3n) is 3.69. The molecule has 0 aromatic heterocycles. The van der Waals surface area contributed by atoms with Crippen LogP contribution in [-0.4, -0.2) is 57.1 Å². The summed E-state index contributed by atoms with van der Waals surface area (Å²) in [6.45, 7) is 3.88. The zero-order valence-electron chi connectivity index (χ0n) is 14.1. The molecule has 1 amide bonds. The quantitative estimate of drug-likeness (QED) is 0.464. The van der Waals surface area contributed by atoms with Crippen molar-refractivity contribution in [3.8, 4) is 5.75 Å². The van der Waals surface area contributed by atoms with Crippen molar-refractivity contribution >= 4 is 17.6 Å². The Morgan fingerprint density at radius 2 is 2.13 bits per heavy atom. The third-order valence-corrected chi connectivity index (χ3v) is 3.69. The Balaban J connectivity index is 1.85. The molecule has 0 fully saturated rings. The van der Waals surface area contributed by atoms with Gasteiger partial charge in [-0.2, -0.15) is 0 Å². The van der Waals surface area contributed by atoms with E-state index >= 15 is 0 Å². The summed E-state index contributed by atoms with van der Waals surface area (Å²) in [4.78, 5) is 27.7. The largest absolute Gasteiger partial charge is 0.423 e. The molecule has 0 aliphatic carbocycles. The first kappa shape index (κ1) is 17.3. The molecule has 1 aliphatic heterocycles. The van der Waals surface area contributed by atoms with E-state index in [4.69, 9.17) is 4.74 Å². The number of fused-ring (bicyclic) bond motifs is 1. The van der Waals surface area contributed by atoms with Gasteiger partial charge in [0.15, 0.2) is 5.75 Å². The van der Waals surface area contributed by atoms with Crippen molar-refractivity contribution in [1.82, 2.24) is 10.2 Å². The van der Waals surface area contributed by atoms with Crippen LogP contribution in [0.3, 0.4) is 0 Å². The van der Waals surface area contributed by atoms with Gasteiger partial charge in [0.25, 0.3) is 0 Å².